The van der Waals surface area contributed by atoms with E-state index in [1.54, 1.807) is 24.3 Å². The van der Waals surface area contributed by atoms with Crippen LogP contribution in [0.2, 0.25) is 0 Å². The smallest absolute Gasteiger partial charge is 0.235 e. The van der Waals surface area contributed by atoms with Crippen LogP contribution in [0.1, 0.15) is 0 Å². The summed E-state index contributed by atoms with van der Waals surface area (Å²) in [7, 11) is 0. The fraction of sp³-hybridized carbons (Fsp3) is 0. The lowest BCUT2D eigenvalue weighted by Gasteiger charge is -2.12. The van der Waals surface area contributed by atoms with E-state index in [0.29, 0.717) is 17.3 Å². The molecular weight excluding hydrogens is 598 g/mol. The van der Waals surface area contributed by atoms with Gasteiger partial charge in [0.1, 0.15) is 11.6 Å². The molecular formula is C42H24F2N4. The standard InChI is InChI=1S/C42H24F2N4/c43-28-17-13-25(14-18-28)35-23-36(26-15-19-29(44)20-16-26)46-42(45-35)48-38-12-6-4-10-33(38)34-21-27-22-40-32-9-2-1-7-30(32)31-8-3-5-11-37(31)47(40)39(27)24-41(34)48/h1-24H. The number of rotatable bonds is 3. The number of para-hydroxylation sites is 2. The van der Waals surface area contributed by atoms with Gasteiger partial charge in [-0.2, -0.15) is 0 Å². The molecule has 10 rings (SSSR count). The highest BCUT2D eigenvalue weighted by Crippen LogP contribution is 2.39. The van der Waals surface area contributed by atoms with E-state index in [4.69, 9.17) is 9.97 Å². The second-order valence-corrected chi connectivity index (χ2v) is 12.2. The zero-order valence-corrected chi connectivity index (χ0v) is 25.4. The van der Waals surface area contributed by atoms with Crippen molar-refractivity contribution in [2.45, 2.75) is 0 Å². The van der Waals surface area contributed by atoms with Crippen LogP contribution in [0, 0.1) is 11.6 Å². The number of hydrogen-bond donors (Lipinski definition) is 0. The van der Waals surface area contributed by atoms with Crippen molar-refractivity contribution >= 4 is 59.9 Å². The summed E-state index contributed by atoms with van der Waals surface area (Å²) in [5.41, 5.74) is 8.07. The van der Waals surface area contributed by atoms with Crippen LogP contribution in [-0.4, -0.2) is 18.9 Å². The van der Waals surface area contributed by atoms with Crippen molar-refractivity contribution in [1.29, 1.82) is 0 Å². The van der Waals surface area contributed by atoms with Crippen LogP contribution in [0.4, 0.5) is 8.78 Å². The van der Waals surface area contributed by atoms with Crippen LogP contribution in [-0.2, 0) is 0 Å². The quantitative estimate of drug-likeness (QED) is 0.184. The molecule has 4 nitrogen and oxygen atoms in total. The highest BCUT2D eigenvalue weighted by molar-refractivity contribution is 6.18. The first-order valence-electron chi connectivity index (χ1n) is 15.8. The molecule has 4 heterocycles. The summed E-state index contributed by atoms with van der Waals surface area (Å²) < 4.78 is 32.4. The number of fused-ring (bicyclic) bond motifs is 11. The molecule has 0 aliphatic carbocycles. The molecule has 0 spiro atoms. The fourth-order valence-corrected chi connectivity index (χ4v) is 7.25. The Hall–Kier alpha value is -6.40. The van der Waals surface area contributed by atoms with Gasteiger partial charge >= 0.3 is 0 Å². The molecule has 0 atom stereocenters. The molecule has 0 saturated carbocycles. The van der Waals surface area contributed by atoms with Crippen molar-refractivity contribution in [2.24, 2.45) is 0 Å². The Kier molecular flexibility index (Phi) is 5.61. The SMILES string of the molecule is Fc1ccc(-c2cc(-c3ccc(F)cc3)nc(-n3c4ccccc4c4cc5cc6c7ccccc7c7ccccc7n6c5cc43)n2)cc1. The molecule has 0 aliphatic rings. The average Bonchev–Trinajstić information content (AvgIpc) is 3.67. The predicted molar refractivity (Wildman–Crippen MR) is 191 cm³/mol. The van der Waals surface area contributed by atoms with Crippen molar-refractivity contribution in [3.8, 4) is 28.5 Å². The van der Waals surface area contributed by atoms with Crippen LogP contribution in [0.5, 0.6) is 0 Å². The van der Waals surface area contributed by atoms with Crippen molar-refractivity contribution in [1.82, 2.24) is 18.9 Å². The molecule has 0 amide bonds. The maximum absolute atomic E-state index is 14.0. The molecule has 0 saturated heterocycles. The van der Waals surface area contributed by atoms with Gasteiger partial charge in [-0.05, 0) is 90.3 Å². The van der Waals surface area contributed by atoms with E-state index in [9.17, 15) is 8.78 Å². The molecule has 0 aliphatic heterocycles. The summed E-state index contributed by atoms with van der Waals surface area (Å²) in [5.74, 6) is -0.172. The molecule has 6 heteroatoms. The Morgan fingerprint density at radius 3 is 1.54 bits per heavy atom. The maximum atomic E-state index is 14.0. The molecule has 0 radical (unpaired) electrons. The maximum Gasteiger partial charge on any atom is 0.235 e. The van der Waals surface area contributed by atoms with Gasteiger partial charge in [0.05, 0.1) is 39.0 Å². The number of aromatic nitrogens is 4. The first-order chi connectivity index (χ1) is 23.6. The summed E-state index contributed by atoms with van der Waals surface area (Å²) in [4.78, 5) is 10.2. The molecule has 48 heavy (non-hydrogen) atoms. The molecule has 0 N–H and O–H groups in total. The average molecular weight is 623 g/mol. The van der Waals surface area contributed by atoms with Crippen LogP contribution >= 0.6 is 0 Å². The third kappa shape index (κ3) is 3.93. The van der Waals surface area contributed by atoms with Gasteiger partial charge in [-0.15, -0.1) is 0 Å². The Balaban J connectivity index is 1.33. The second-order valence-electron chi connectivity index (χ2n) is 12.2. The van der Waals surface area contributed by atoms with Crippen LogP contribution in [0.3, 0.4) is 0 Å². The lowest BCUT2D eigenvalue weighted by molar-refractivity contribution is 0.627. The summed E-state index contributed by atoms with van der Waals surface area (Å²) in [5, 5.41) is 6.92. The van der Waals surface area contributed by atoms with Gasteiger partial charge in [-0.3, -0.25) is 4.57 Å². The van der Waals surface area contributed by atoms with Crippen LogP contribution in [0.15, 0.2) is 146 Å². The summed E-state index contributed by atoms with van der Waals surface area (Å²) >= 11 is 0. The molecule has 10 aromatic rings. The molecule has 0 bridgehead atoms. The van der Waals surface area contributed by atoms with E-state index in [2.05, 4.69) is 87.8 Å². The van der Waals surface area contributed by atoms with Gasteiger partial charge in [0.2, 0.25) is 5.95 Å². The topological polar surface area (TPSA) is 35.1 Å². The van der Waals surface area contributed by atoms with E-state index < -0.39 is 0 Å². The molecule has 0 unspecified atom stereocenters. The fourth-order valence-electron chi connectivity index (χ4n) is 7.25. The first-order valence-corrected chi connectivity index (χ1v) is 15.8. The van der Waals surface area contributed by atoms with Gasteiger partial charge in [0, 0.05) is 38.1 Å². The highest BCUT2D eigenvalue weighted by atomic mass is 19.1. The van der Waals surface area contributed by atoms with E-state index in [1.165, 1.54) is 40.4 Å². The van der Waals surface area contributed by atoms with Gasteiger partial charge in [-0.1, -0.05) is 60.7 Å². The zero-order chi connectivity index (χ0) is 31.9. The minimum atomic E-state index is -0.321. The summed E-state index contributed by atoms with van der Waals surface area (Å²) in [6, 6.07) is 46.6. The number of benzene rings is 6. The van der Waals surface area contributed by atoms with E-state index in [0.717, 1.165) is 54.9 Å². The lowest BCUT2D eigenvalue weighted by atomic mass is 10.1. The molecule has 0 fully saturated rings. The number of halogens is 2. The van der Waals surface area contributed by atoms with Crippen LogP contribution in [0.25, 0.3) is 88.4 Å². The number of pyridine rings is 1. The predicted octanol–water partition coefficient (Wildman–Crippen LogP) is 10.9. The van der Waals surface area contributed by atoms with E-state index in [-0.39, 0.29) is 11.6 Å². The number of hydrogen-bond acceptors (Lipinski definition) is 2. The highest BCUT2D eigenvalue weighted by Gasteiger charge is 2.20. The Bertz CT molecular complexity index is 2840. The lowest BCUT2D eigenvalue weighted by Crippen LogP contribution is -2.04. The summed E-state index contributed by atoms with van der Waals surface area (Å²) in [6.07, 6.45) is 0. The van der Waals surface area contributed by atoms with Crippen LogP contribution < -0.4 is 0 Å². The third-order valence-electron chi connectivity index (χ3n) is 9.43. The van der Waals surface area contributed by atoms with Crippen molar-refractivity contribution in [3.05, 3.63) is 157 Å². The number of nitrogens with zero attached hydrogens (tertiary/aromatic N) is 4. The van der Waals surface area contributed by atoms with Gasteiger partial charge in [0.15, 0.2) is 0 Å². The Labute approximate surface area is 272 Å². The van der Waals surface area contributed by atoms with E-state index >= 15 is 0 Å². The largest absolute Gasteiger partial charge is 0.309 e. The van der Waals surface area contributed by atoms with Crippen molar-refractivity contribution in [2.75, 3.05) is 0 Å². The van der Waals surface area contributed by atoms with Crippen molar-refractivity contribution in [3.63, 3.8) is 0 Å². The third-order valence-corrected chi connectivity index (χ3v) is 9.43. The Morgan fingerprint density at radius 2 is 0.917 bits per heavy atom. The normalized spacial score (nSPS) is 12.0. The van der Waals surface area contributed by atoms with E-state index in [1.807, 2.05) is 18.2 Å². The molecule has 6 aromatic carbocycles. The van der Waals surface area contributed by atoms with Gasteiger partial charge in [-0.25, -0.2) is 18.7 Å². The summed E-state index contributed by atoms with van der Waals surface area (Å²) in [6.45, 7) is 0. The minimum absolute atomic E-state index is 0.321. The monoisotopic (exact) mass is 622 g/mol. The van der Waals surface area contributed by atoms with Gasteiger partial charge in [0.25, 0.3) is 0 Å². The van der Waals surface area contributed by atoms with Crippen molar-refractivity contribution < 1.29 is 8.78 Å². The first kappa shape index (κ1) is 26.8. The zero-order valence-electron chi connectivity index (χ0n) is 25.4. The minimum Gasteiger partial charge on any atom is -0.309 e. The second kappa shape index (κ2) is 10.0. The van der Waals surface area contributed by atoms with Gasteiger partial charge < -0.3 is 4.40 Å². The molecule has 226 valence electrons. The Morgan fingerprint density at radius 1 is 0.396 bits per heavy atom. The molecule has 4 aromatic heterocycles.